The van der Waals surface area contributed by atoms with E-state index < -0.39 is 0 Å². The van der Waals surface area contributed by atoms with Gasteiger partial charge in [-0.25, -0.2) is 3.89 Å². The first-order chi connectivity index (χ1) is 9.22. The van der Waals surface area contributed by atoms with E-state index in [4.69, 9.17) is 5.26 Å². The molecule has 1 heterocycles. The fourth-order valence-corrected chi connectivity index (χ4v) is 4.08. The molecule has 0 aromatic heterocycles. The Balaban J connectivity index is 2.08. The van der Waals surface area contributed by atoms with E-state index >= 15 is 0 Å². The summed E-state index contributed by atoms with van der Waals surface area (Å²) in [6.07, 6.45) is 12.3. The van der Waals surface area contributed by atoms with Crippen molar-refractivity contribution < 1.29 is 3.89 Å². The molecule has 0 bridgehead atoms. The lowest BCUT2D eigenvalue weighted by atomic mass is 10.1. The zero-order valence-electron chi connectivity index (χ0n) is 12.9. The fraction of sp³-hybridized carbons (Fsp3) is 0.938. The molecule has 2 unspecified atom stereocenters. The highest BCUT2D eigenvalue weighted by Gasteiger charge is 2.37. The highest BCUT2D eigenvalue weighted by molar-refractivity contribution is 7.98. The van der Waals surface area contributed by atoms with E-state index in [-0.39, 0.29) is 0 Å². The summed E-state index contributed by atoms with van der Waals surface area (Å²) in [5.41, 5.74) is 0. The predicted octanol–water partition coefficient (Wildman–Crippen LogP) is 5.11. The molecule has 1 aliphatic rings. The molecule has 1 saturated heterocycles. The molecular weight excluding hydrogens is 252 g/mol. The zero-order chi connectivity index (χ0) is 14.0. The van der Waals surface area contributed by atoms with Crippen LogP contribution in [0, 0.1) is 16.6 Å². The number of unbranched alkanes of at least 4 members (excludes halogenated alkanes) is 7. The van der Waals surface area contributed by atoms with E-state index in [2.05, 4.69) is 19.2 Å². The van der Waals surface area contributed by atoms with Crippen LogP contribution in [-0.2, 0) is 0 Å². The second kappa shape index (κ2) is 9.66. The van der Waals surface area contributed by atoms with Gasteiger partial charge >= 0.3 is 0 Å². The predicted molar refractivity (Wildman–Crippen MR) is 84.5 cm³/mol. The van der Waals surface area contributed by atoms with Crippen molar-refractivity contribution >= 4 is 11.9 Å². The van der Waals surface area contributed by atoms with Gasteiger partial charge in [0, 0.05) is 12.3 Å². The van der Waals surface area contributed by atoms with Gasteiger partial charge < -0.3 is 0 Å². The minimum absolute atomic E-state index is 0.801. The van der Waals surface area contributed by atoms with Crippen LogP contribution in [-0.4, -0.2) is 23.5 Å². The number of rotatable bonds is 10. The number of quaternary nitrogens is 1. The van der Waals surface area contributed by atoms with Crippen LogP contribution in [0.3, 0.4) is 0 Å². The number of nitriles is 1. The number of hydrogen-bond donors (Lipinski definition) is 0. The molecule has 0 aromatic carbocycles. The molecule has 19 heavy (non-hydrogen) atoms. The lowest BCUT2D eigenvalue weighted by Gasteiger charge is -2.28. The molecule has 1 fully saturated rings. The van der Waals surface area contributed by atoms with E-state index in [1.165, 1.54) is 89.4 Å². The Morgan fingerprint density at radius 3 is 2.26 bits per heavy atom. The second-order valence-electron chi connectivity index (χ2n) is 6.24. The third-order valence-corrected chi connectivity index (χ3v) is 5.31. The van der Waals surface area contributed by atoms with E-state index in [0.29, 0.717) is 0 Å². The van der Waals surface area contributed by atoms with Crippen molar-refractivity contribution in [2.45, 2.75) is 71.6 Å². The van der Waals surface area contributed by atoms with E-state index in [1.54, 1.807) is 0 Å². The van der Waals surface area contributed by atoms with Crippen molar-refractivity contribution in [3.8, 4) is 5.40 Å². The standard InChI is InChI=1S/C16H31N2S/c1-3-4-5-6-7-8-9-10-12-18(19-15-17)13-11-16(2)14-18/h16H,3-14H2,1-2H3/q+1. The summed E-state index contributed by atoms with van der Waals surface area (Å²) in [6.45, 7) is 8.21. The summed E-state index contributed by atoms with van der Waals surface area (Å²) in [4.78, 5) is 0. The van der Waals surface area contributed by atoms with Crippen molar-refractivity contribution in [1.29, 1.82) is 5.26 Å². The van der Waals surface area contributed by atoms with Gasteiger partial charge in [-0.05, 0) is 12.8 Å². The van der Waals surface area contributed by atoms with Gasteiger partial charge in [-0.2, -0.15) is 5.26 Å². The Bertz CT molecular complexity index is 274. The topological polar surface area (TPSA) is 23.8 Å². The lowest BCUT2D eigenvalue weighted by molar-refractivity contribution is -0.782. The maximum atomic E-state index is 9.00. The van der Waals surface area contributed by atoms with Gasteiger partial charge in [0.25, 0.3) is 0 Å². The molecule has 1 aliphatic heterocycles. The minimum Gasteiger partial charge on any atom is -0.248 e. The van der Waals surface area contributed by atoms with Crippen molar-refractivity contribution in [2.75, 3.05) is 19.6 Å². The fourth-order valence-electron chi connectivity index (χ4n) is 3.16. The normalized spacial score (nSPS) is 26.5. The van der Waals surface area contributed by atoms with E-state index in [1.807, 2.05) is 0 Å². The van der Waals surface area contributed by atoms with Crippen molar-refractivity contribution in [1.82, 2.24) is 0 Å². The number of likely N-dealkylation sites (tertiary alicyclic amines) is 1. The van der Waals surface area contributed by atoms with Crippen LogP contribution in [0.25, 0.3) is 0 Å². The van der Waals surface area contributed by atoms with Crippen LogP contribution >= 0.6 is 11.9 Å². The van der Waals surface area contributed by atoms with Crippen LogP contribution in [0.1, 0.15) is 71.6 Å². The lowest BCUT2D eigenvalue weighted by Crippen LogP contribution is -2.39. The first-order valence-corrected chi connectivity index (χ1v) is 8.93. The molecule has 0 spiro atoms. The molecule has 2 atom stereocenters. The monoisotopic (exact) mass is 283 g/mol. The minimum atomic E-state index is 0.801. The summed E-state index contributed by atoms with van der Waals surface area (Å²) in [5.74, 6) is 0.801. The van der Waals surface area contributed by atoms with Crippen LogP contribution < -0.4 is 0 Å². The van der Waals surface area contributed by atoms with Crippen molar-refractivity contribution in [2.24, 2.45) is 5.92 Å². The first-order valence-electron chi connectivity index (χ1n) is 8.16. The van der Waals surface area contributed by atoms with Gasteiger partial charge in [-0.3, -0.25) is 0 Å². The number of nitrogens with zero attached hydrogens (tertiary/aromatic N) is 2. The second-order valence-corrected chi connectivity index (χ2v) is 7.38. The van der Waals surface area contributed by atoms with Gasteiger partial charge in [0.2, 0.25) is 0 Å². The molecular formula is C16H31N2S+. The van der Waals surface area contributed by atoms with Crippen molar-refractivity contribution in [3.63, 3.8) is 0 Å². The zero-order valence-corrected chi connectivity index (χ0v) is 13.7. The van der Waals surface area contributed by atoms with Gasteiger partial charge in [-0.15, -0.1) is 0 Å². The molecule has 0 N–H and O–H groups in total. The molecule has 3 heteroatoms. The molecule has 0 amide bonds. The summed E-state index contributed by atoms with van der Waals surface area (Å²) in [6, 6.07) is 0. The highest BCUT2D eigenvalue weighted by atomic mass is 32.2. The third-order valence-electron chi connectivity index (χ3n) is 4.33. The molecule has 110 valence electrons. The van der Waals surface area contributed by atoms with Gasteiger partial charge in [0.05, 0.1) is 19.6 Å². The molecule has 0 radical (unpaired) electrons. The summed E-state index contributed by atoms with van der Waals surface area (Å²) in [5, 5.41) is 11.3. The SMILES string of the molecule is CCCCCCCCCC[N+]1(SC#N)CCC(C)C1. The highest BCUT2D eigenvalue weighted by Crippen LogP contribution is 2.33. The smallest absolute Gasteiger partial charge is 0.196 e. The summed E-state index contributed by atoms with van der Waals surface area (Å²) >= 11 is 1.51. The van der Waals surface area contributed by atoms with Gasteiger partial charge in [-0.1, -0.05) is 52.4 Å². The molecule has 2 nitrogen and oxygen atoms in total. The Labute approximate surface area is 124 Å². The largest absolute Gasteiger partial charge is 0.248 e. The van der Waals surface area contributed by atoms with Crippen LogP contribution in [0.15, 0.2) is 0 Å². The van der Waals surface area contributed by atoms with Crippen LogP contribution in [0.4, 0.5) is 0 Å². The maximum Gasteiger partial charge on any atom is 0.196 e. The number of thiocyanates is 1. The maximum absolute atomic E-state index is 9.00. The van der Waals surface area contributed by atoms with Crippen LogP contribution in [0.5, 0.6) is 0 Å². The van der Waals surface area contributed by atoms with Crippen molar-refractivity contribution in [3.05, 3.63) is 0 Å². The average Bonchev–Trinajstić information content (AvgIpc) is 2.75. The van der Waals surface area contributed by atoms with E-state index in [9.17, 15) is 0 Å². The van der Waals surface area contributed by atoms with Crippen LogP contribution in [0.2, 0.25) is 0 Å². The molecule has 0 saturated carbocycles. The molecule has 1 rings (SSSR count). The Morgan fingerprint density at radius 1 is 1.11 bits per heavy atom. The first kappa shape index (κ1) is 16.9. The van der Waals surface area contributed by atoms with Gasteiger partial charge in [0.1, 0.15) is 0 Å². The Hall–Kier alpha value is -0.200. The summed E-state index contributed by atoms with van der Waals surface area (Å²) < 4.78 is 1.01. The van der Waals surface area contributed by atoms with Gasteiger partial charge in [0.15, 0.2) is 17.3 Å². The third kappa shape index (κ3) is 6.68. The number of hydrogen-bond acceptors (Lipinski definition) is 2. The average molecular weight is 284 g/mol. The summed E-state index contributed by atoms with van der Waals surface area (Å²) in [7, 11) is 0. The van der Waals surface area contributed by atoms with E-state index in [0.717, 1.165) is 9.81 Å². The quantitative estimate of drug-likeness (QED) is 0.241. The molecule has 0 aliphatic carbocycles. The Morgan fingerprint density at radius 2 is 1.74 bits per heavy atom. The molecule has 0 aromatic rings. The Kier molecular flexibility index (Phi) is 8.57.